The third-order valence-electron chi connectivity index (χ3n) is 4.71. The second kappa shape index (κ2) is 8.24. The van der Waals surface area contributed by atoms with Gasteiger partial charge in [0, 0.05) is 30.1 Å². The first-order chi connectivity index (χ1) is 13.0. The van der Waals surface area contributed by atoms with Gasteiger partial charge in [0.05, 0.1) is 5.69 Å². The van der Waals surface area contributed by atoms with Gasteiger partial charge in [0.25, 0.3) is 0 Å². The van der Waals surface area contributed by atoms with E-state index in [0.29, 0.717) is 18.2 Å². The van der Waals surface area contributed by atoms with Gasteiger partial charge in [-0.2, -0.15) is 4.52 Å². The molecular formula is C20H28N6O. The van der Waals surface area contributed by atoms with Crippen molar-refractivity contribution in [3.05, 3.63) is 41.7 Å². The van der Waals surface area contributed by atoms with Crippen molar-refractivity contribution < 1.29 is 5.11 Å². The Balaban J connectivity index is 1.97. The van der Waals surface area contributed by atoms with E-state index in [1.54, 1.807) is 6.07 Å². The predicted molar refractivity (Wildman–Crippen MR) is 108 cm³/mol. The molecule has 0 spiro atoms. The molecule has 0 amide bonds. The van der Waals surface area contributed by atoms with Crippen LogP contribution in [0.25, 0.3) is 5.65 Å². The highest BCUT2D eigenvalue weighted by molar-refractivity contribution is 5.70. The number of para-hydroxylation sites is 1. The fourth-order valence-electron chi connectivity index (χ4n) is 3.01. The number of aromatic hydroxyl groups is 1. The molecule has 0 aliphatic carbocycles. The van der Waals surface area contributed by atoms with E-state index in [-0.39, 0.29) is 11.7 Å². The standard InChI is InChI=1S/C20H28N6O/c1-5-15(6-2)22-18-11-16(21-12-14-9-7-8-10-17(14)27)20-24-23-19(13(3)4)26(20)25-18/h7-11,13,15,21,27H,5-6,12H2,1-4H3,(H,22,25). The van der Waals surface area contributed by atoms with Crippen LogP contribution in [0.4, 0.5) is 11.5 Å². The molecule has 1 aromatic carbocycles. The SMILES string of the molecule is CCC(CC)Nc1cc(NCc2ccccc2O)c2nnc(C(C)C)n2n1. The minimum absolute atomic E-state index is 0.210. The van der Waals surface area contributed by atoms with Crippen molar-refractivity contribution >= 4 is 17.2 Å². The number of nitrogens with one attached hydrogen (secondary N) is 2. The van der Waals surface area contributed by atoms with Crippen LogP contribution in [-0.2, 0) is 6.54 Å². The topological polar surface area (TPSA) is 87.4 Å². The van der Waals surface area contributed by atoms with Crippen LogP contribution in [-0.4, -0.2) is 31.0 Å². The molecule has 3 N–H and O–H groups in total. The van der Waals surface area contributed by atoms with E-state index in [2.05, 4.69) is 48.5 Å². The van der Waals surface area contributed by atoms with Crippen molar-refractivity contribution in [1.82, 2.24) is 19.8 Å². The molecule has 0 atom stereocenters. The van der Waals surface area contributed by atoms with E-state index in [4.69, 9.17) is 5.10 Å². The molecule has 2 aromatic heterocycles. The maximum atomic E-state index is 10.0. The van der Waals surface area contributed by atoms with Crippen LogP contribution in [0.2, 0.25) is 0 Å². The van der Waals surface area contributed by atoms with Crippen molar-refractivity contribution in [3.63, 3.8) is 0 Å². The number of anilines is 2. The molecule has 0 aliphatic heterocycles. The molecule has 27 heavy (non-hydrogen) atoms. The molecule has 144 valence electrons. The van der Waals surface area contributed by atoms with Crippen LogP contribution in [0.15, 0.2) is 30.3 Å². The summed E-state index contributed by atoms with van der Waals surface area (Å²) in [6.45, 7) is 8.97. The van der Waals surface area contributed by atoms with Gasteiger partial charge in [-0.05, 0) is 18.9 Å². The molecule has 7 nitrogen and oxygen atoms in total. The zero-order chi connectivity index (χ0) is 19.4. The minimum Gasteiger partial charge on any atom is -0.508 e. The van der Waals surface area contributed by atoms with E-state index >= 15 is 0 Å². The molecule has 7 heteroatoms. The first kappa shape index (κ1) is 18.9. The minimum atomic E-state index is 0.210. The lowest BCUT2D eigenvalue weighted by atomic mass is 10.2. The molecule has 0 unspecified atom stereocenters. The summed E-state index contributed by atoms with van der Waals surface area (Å²) in [5.41, 5.74) is 2.34. The molecule has 0 radical (unpaired) electrons. The van der Waals surface area contributed by atoms with Gasteiger partial charge < -0.3 is 15.7 Å². The number of nitrogens with zero attached hydrogens (tertiary/aromatic N) is 4. The molecule has 0 aliphatic rings. The van der Waals surface area contributed by atoms with Crippen molar-refractivity contribution in [2.24, 2.45) is 0 Å². The van der Waals surface area contributed by atoms with Gasteiger partial charge in [0.15, 0.2) is 5.82 Å². The molecular weight excluding hydrogens is 340 g/mol. The van der Waals surface area contributed by atoms with Crippen molar-refractivity contribution in [1.29, 1.82) is 0 Å². The smallest absolute Gasteiger partial charge is 0.201 e. The summed E-state index contributed by atoms with van der Waals surface area (Å²) in [4.78, 5) is 0. The van der Waals surface area contributed by atoms with Gasteiger partial charge in [-0.1, -0.05) is 45.9 Å². The molecule has 0 saturated heterocycles. The fourth-order valence-corrected chi connectivity index (χ4v) is 3.01. The largest absolute Gasteiger partial charge is 0.508 e. The van der Waals surface area contributed by atoms with Crippen LogP contribution < -0.4 is 10.6 Å². The third kappa shape index (κ3) is 4.13. The highest BCUT2D eigenvalue weighted by Crippen LogP contribution is 2.25. The lowest BCUT2D eigenvalue weighted by Crippen LogP contribution is -2.19. The van der Waals surface area contributed by atoms with E-state index in [0.717, 1.165) is 35.7 Å². The van der Waals surface area contributed by atoms with Gasteiger partial charge in [0.1, 0.15) is 11.6 Å². The zero-order valence-electron chi connectivity index (χ0n) is 16.4. The van der Waals surface area contributed by atoms with Gasteiger partial charge in [-0.25, -0.2) is 0 Å². The van der Waals surface area contributed by atoms with Crippen molar-refractivity contribution in [2.45, 2.75) is 59.0 Å². The van der Waals surface area contributed by atoms with Crippen LogP contribution in [0.1, 0.15) is 57.8 Å². The first-order valence-electron chi connectivity index (χ1n) is 9.57. The Hall–Kier alpha value is -2.83. The normalized spacial score (nSPS) is 11.5. The number of phenolic OH excluding ortho intramolecular Hbond substituents is 1. The summed E-state index contributed by atoms with van der Waals surface area (Å²) in [5.74, 6) is 2.10. The van der Waals surface area contributed by atoms with Crippen LogP contribution >= 0.6 is 0 Å². The average molecular weight is 368 g/mol. The summed E-state index contributed by atoms with van der Waals surface area (Å²) < 4.78 is 1.81. The molecule has 3 rings (SSSR count). The van der Waals surface area contributed by atoms with Gasteiger partial charge in [0.2, 0.25) is 5.65 Å². The number of hydrogen-bond acceptors (Lipinski definition) is 6. The Morgan fingerprint density at radius 2 is 1.85 bits per heavy atom. The maximum Gasteiger partial charge on any atom is 0.201 e. The number of phenols is 1. The first-order valence-corrected chi connectivity index (χ1v) is 9.57. The Morgan fingerprint density at radius 3 is 2.52 bits per heavy atom. The predicted octanol–water partition coefficient (Wildman–Crippen LogP) is 4.17. The molecule has 0 fully saturated rings. The number of hydrogen-bond donors (Lipinski definition) is 3. The Morgan fingerprint density at radius 1 is 1.11 bits per heavy atom. The fraction of sp³-hybridized carbons (Fsp3) is 0.450. The summed E-state index contributed by atoms with van der Waals surface area (Å²) in [5, 5.41) is 30.3. The lowest BCUT2D eigenvalue weighted by Gasteiger charge is -2.17. The molecule has 0 saturated carbocycles. The van der Waals surface area contributed by atoms with E-state index < -0.39 is 0 Å². The van der Waals surface area contributed by atoms with E-state index in [1.165, 1.54) is 0 Å². The Labute approximate surface area is 159 Å². The lowest BCUT2D eigenvalue weighted by molar-refractivity contribution is 0.469. The number of aromatic nitrogens is 4. The Kier molecular flexibility index (Phi) is 5.78. The highest BCUT2D eigenvalue weighted by Gasteiger charge is 2.16. The van der Waals surface area contributed by atoms with Crippen LogP contribution in [0.3, 0.4) is 0 Å². The van der Waals surface area contributed by atoms with Gasteiger partial charge in [-0.3, -0.25) is 0 Å². The highest BCUT2D eigenvalue weighted by atomic mass is 16.3. The van der Waals surface area contributed by atoms with Gasteiger partial charge >= 0.3 is 0 Å². The summed E-state index contributed by atoms with van der Waals surface area (Å²) in [6.07, 6.45) is 2.05. The molecule has 2 heterocycles. The summed E-state index contributed by atoms with van der Waals surface area (Å²) in [6, 6.07) is 9.63. The van der Waals surface area contributed by atoms with Crippen LogP contribution in [0.5, 0.6) is 5.75 Å². The van der Waals surface area contributed by atoms with Gasteiger partial charge in [-0.15, -0.1) is 15.3 Å². The maximum absolute atomic E-state index is 10.0. The Bertz CT molecular complexity index is 901. The zero-order valence-corrected chi connectivity index (χ0v) is 16.4. The monoisotopic (exact) mass is 368 g/mol. The average Bonchev–Trinajstić information content (AvgIpc) is 3.09. The van der Waals surface area contributed by atoms with Crippen LogP contribution in [0, 0.1) is 0 Å². The second-order valence-electron chi connectivity index (χ2n) is 7.03. The van der Waals surface area contributed by atoms with Crippen molar-refractivity contribution in [3.8, 4) is 5.75 Å². The summed E-state index contributed by atoms with van der Waals surface area (Å²) in [7, 11) is 0. The second-order valence-corrected chi connectivity index (χ2v) is 7.03. The van der Waals surface area contributed by atoms with E-state index in [1.807, 2.05) is 28.8 Å². The number of rotatable bonds is 8. The quantitative estimate of drug-likeness (QED) is 0.553. The van der Waals surface area contributed by atoms with E-state index in [9.17, 15) is 5.11 Å². The third-order valence-corrected chi connectivity index (χ3v) is 4.71. The number of fused-ring (bicyclic) bond motifs is 1. The van der Waals surface area contributed by atoms with Crippen molar-refractivity contribution in [2.75, 3.05) is 10.6 Å². The molecule has 3 aromatic rings. The number of benzene rings is 1. The molecule has 0 bridgehead atoms. The summed E-state index contributed by atoms with van der Waals surface area (Å²) >= 11 is 0.